The minimum Gasteiger partial charge on any atom is -0.300 e. The number of anilines is 1. The lowest BCUT2D eigenvalue weighted by Crippen LogP contribution is -2.29. The molecule has 0 saturated carbocycles. The van der Waals surface area contributed by atoms with Gasteiger partial charge in [-0.2, -0.15) is 0 Å². The molecule has 3 rings (SSSR count). The number of carbonyl (C=O) groups excluding carboxylic acids is 2. The van der Waals surface area contributed by atoms with Crippen molar-refractivity contribution in [3.05, 3.63) is 57.3 Å². The summed E-state index contributed by atoms with van der Waals surface area (Å²) in [6, 6.07) is 8.58. The molecular formula is C15H10Cl2N2O2. The molecule has 21 heavy (non-hydrogen) atoms. The molecule has 0 bridgehead atoms. The summed E-state index contributed by atoms with van der Waals surface area (Å²) in [6.07, 6.45) is 0. The third-order valence-corrected chi connectivity index (χ3v) is 3.95. The van der Waals surface area contributed by atoms with Gasteiger partial charge < -0.3 is 0 Å². The Kier molecular flexibility index (Phi) is 3.43. The van der Waals surface area contributed by atoms with Crippen molar-refractivity contribution in [1.82, 2.24) is 4.98 Å². The monoisotopic (exact) mass is 320 g/mol. The number of hydrogen-bond donors (Lipinski definition) is 0. The first kappa shape index (κ1) is 14.0. The maximum absolute atomic E-state index is 12.2. The zero-order chi connectivity index (χ0) is 15.1. The van der Waals surface area contributed by atoms with Crippen LogP contribution in [-0.2, 0) is 11.3 Å². The van der Waals surface area contributed by atoms with Crippen LogP contribution in [0.4, 0.5) is 5.69 Å². The van der Waals surface area contributed by atoms with Crippen molar-refractivity contribution in [2.24, 2.45) is 0 Å². The fraction of sp³-hybridized carbons (Fsp3) is 0.133. The zero-order valence-corrected chi connectivity index (χ0v) is 12.6. The highest BCUT2D eigenvalue weighted by molar-refractivity contribution is 6.52. The van der Waals surface area contributed by atoms with Gasteiger partial charge in [0.25, 0.3) is 11.7 Å². The van der Waals surface area contributed by atoms with Crippen LogP contribution in [0.3, 0.4) is 0 Å². The smallest absolute Gasteiger partial charge is 0.299 e. The first-order valence-electron chi connectivity index (χ1n) is 6.26. The van der Waals surface area contributed by atoms with Crippen molar-refractivity contribution in [1.29, 1.82) is 0 Å². The molecule has 0 radical (unpaired) electrons. The van der Waals surface area contributed by atoms with Crippen molar-refractivity contribution >= 4 is 40.6 Å². The molecular weight excluding hydrogens is 311 g/mol. The number of pyridine rings is 1. The van der Waals surface area contributed by atoms with Crippen molar-refractivity contribution in [2.45, 2.75) is 13.5 Å². The molecule has 6 heteroatoms. The number of aromatic nitrogens is 1. The fourth-order valence-electron chi connectivity index (χ4n) is 2.42. The number of hydrogen-bond acceptors (Lipinski definition) is 3. The minimum absolute atomic E-state index is 0.186. The topological polar surface area (TPSA) is 50.3 Å². The number of carbonyl (C=O) groups is 2. The number of halogens is 2. The maximum Gasteiger partial charge on any atom is 0.299 e. The predicted octanol–water partition coefficient (Wildman–Crippen LogP) is 3.43. The SMILES string of the molecule is Cc1cccc2c1N(Cc1ccc(Cl)nc1Cl)C(=O)C2=O. The highest BCUT2D eigenvalue weighted by Gasteiger charge is 2.36. The van der Waals surface area contributed by atoms with Gasteiger partial charge in [0.05, 0.1) is 17.8 Å². The minimum atomic E-state index is -0.551. The van der Waals surface area contributed by atoms with Gasteiger partial charge in [-0.3, -0.25) is 14.5 Å². The Morgan fingerprint density at radius 1 is 1.14 bits per heavy atom. The third-order valence-electron chi connectivity index (χ3n) is 3.41. The van der Waals surface area contributed by atoms with Crippen molar-refractivity contribution in [3.63, 3.8) is 0 Å². The Labute approximate surface area is 131 Å². The van der Waals surface area contributed by atoms with Gasteiger partial charge in [-0.05, 0) is 24.6 Å². The number of fused-ring (bicyclic) bond motifs is 1. The van der Waals surface area contributed by atoms with E-state index in [1.807, 2.05) is 13.0 Å². The predicted molar refractivity (Wildman–Crippen MR) is 81.0 cm³/mol. The summed E-state index contributed by atoms with van der Waals surface area (Å²) in [6.45, 7) is 2.05. The molecule has 0 spiro atoms. The number of rotatable bonds is 2. The zero-order valence-electron chi connectivity index (χ0n) is 11.1. The van der Waals surface area contributed by atoms with E-state index in [1.54, 1.807) is 24.3 Å². The molecule has 1 amide bonds. The van der Waals surface area contributed by atoms with Crippen LogP contribution in [0.15, 0.2) is 30.3 Å². The van der Waals surface area contributed by atoms with Gasteiger partial charge >= 0.3 is 0 Å². The molecule has 0 atom stereocenters. The number of benzene rings is 1. The van der Waals surface area contributed by atoms with E-state index in [4.69, 9.17) is 23.2 Å². The summed E-state index contributed by atoms with van der Waals surface area (Å²) in [5.74, 6) is -1.04. The van der Waals surface area contributed by atoms with E-state index in [1.165, 1.54) is 4.90 Å². The molecule has 1 aliphatic rings. The number of para-hydroxylation sites is 1. The van der Waals surface area contributed by atoms with E-state index in [-0.39, 0.29) is 16.9 Å². The molecule has 0 unspecified atom stereocenters. The Hall–Kier alpha value is -1.91. The molecule has 106 valence electrons. The molecule has 0 fully saturated rings. The molecule has 4 nitrogen and oxygen atoms in total. The van der Waals surface area contributed by atoms with Crippen molar-refractivity contribution < 1.29 is 9.59 Å². The molecule has 1 aromatic heterocycles. The first-order chi connectivity index (χ1) is 9.99. The lowest BCUT2D eigenvalue weighted by atomic mass is 10.1. The quantitative estimate of drug-likeness (QED) is 0.629. The Bertz CT molecular complexity index is 774. The van der Waals surface area contributed by atoms with Gasteiger partial charge in [0.1, 0.15) is 10.3 Å². The van der Waals surface area contributed by atoms with Crippen molar-refractivity contribution in [2.75, 3.05) is 4.90 Å². The average molecular weight is 321 g/mol. The second-order valence-electron chi connectivity index (χ2n) is 4.78. The maximum atomic E-state index is 12.2. The largest absolute Gasteiger partial charge is 0.300 e. The van der Waals surface area contributed by atoms with Crippen LogP contribution in [-0.4, -0.2) is 16.7 Å². The Balaban J connectivity index is 2.04. The number of Topliss-reactive ketones (excluding diaryl/α,β-unsaturated/α-hetero) is 1. The summed E-state index contributed by atoms with van der Waals surface area (Å²) in [5.41, 5.74) is 2.57. The van der Waals surface area contributed by atoms with E-state index in [0.29, 0.717) is 16.8 Å². The molecule has 1 aromatic carbocycles. The number of amides is 1. The molecule has 2 heterocycles. The van der Waals surface area contributed by atoms with Crippen molar-refractivity contribution in [3.8, 4) is 0 Å². The summed E-state index contributed by atoms with van der Waals surface area (Å²) in [4.78, 5) is 29.6. The van der Waals surface area contributed by atoms with Crippen LogP contribution in [0, 0.1) is 6.92 Å². The van der Waals surface area contributed by atoms with Gasteiger partial charge in [0, 0.05) is 5.56 Å². The third kappa shape index (κ3) is 2.30. The van der Waals surface area contributed by atoms with Gasteiger partial charge in [-0.25, -0.2) is 4.98 Å². The highest BCUT2D eigenvalue weighted by atomic mass is 35.5. The molecule has 1 aliphatic heterocycles. The Morgan fingerprint density at radius 3 is 2.62 bits per heavy atom. The van der Waals surface area contributed by atoms with E-state index >= 15 is 0 Å². The molecule has 2 aromatic rings. The highest BCUT2D eigenvalue weighted by Crippen LogP contribution is 2.34. The van der Waals surface area contributed by atoms with Gasteiger partial charge in [-0.15, -0.1) is 0 Å². The lowest BCUT2D eigenvalue weighted by molar-refractivity contribution is -0.114. The molecule has 0 saturated heterocycles. The Morgan fingerprint density at radius 2 is 1.90 bits per heavy atom. The summed E-state index contributed by atoms with van der Waals surface area (Å²) >= 11 is 11.8. The van der Waals surface area contributed by atoms with Gasteiger partial charge in [0.2, 0.25) is 0 Å². The van der Waals surface area contributed by atoms with Gasteiger partial charge in [-0.1, -0.05) is 41.4 Å². The van der Waals surface area contributed by atoms with Crippen LogP contribution in [0.2, 0.25) is 10.3 Å². The van der Waals surface area contributed by atoms with Crippen LogP contribution >= 0.6 is 23.2 Å². The second-order valence-corrected chi connectivity index (χ2v) is 5.52. The fourth-order valence-corrected chi connectivity index (χ4v) is 2.82. The summed E-state index contributed by atoms with van der Waals surface area (Å²) in [7, 11) is 0. The average Bonchev–Trinajstić information content (AvgIpc) is 2.68. The second kappa shape index (κ2) is 5.13. The van der Waals surface area contributed by atoms with E-state index in [9.17, 15) is 9.59 Å². The van der Waals surface area contributed by atoms with E-state index < -0.39 is 11.7 Å². The lowest BCUT2D eigenvalue weighted by Gasteiger charge is -2.18. The van der Waals surface area contributed by atoms with Crippen LogP contribution in [0.5, 0.6) is 0 Å². The van der Waals surface area contributed by atoms with Crippen LogP contribution in [0.25, 0.3) is 0 Å². The van der Waals surface area contributed by atoms with E-state index in [2.05, 4.69) is 4.98 Å². The normalized spacial score (nSPS) is 13.8. The van der Waals surface area contributed by atoms with Gasteiger partial charge in [0.15, 0.2) is 0 Å². The molecule has 0 N–H and O–H groups in total. The summed E-state index contributed by atoms with van der Waals surface area (Å²) < 4.78 is 0. The standard InChI is InChI=1S/C15H10Cl2N2O2/c1-8-3-2-4-10-12(8)19(15(21)13(10)20)7-9-5-6-11(16)18-14(9)17/h2-6H,7H2,1H3. The van der Waals surface area contributed by atoms with E-state index in [0.717, 1.165) is 5.56 Å². The first-order valence-corrected chi connectivity index (χ1v) is 7.01. The number of aryl methyl sites for hydroxylation is 1. The summed E-state index contributed by atoms with van der Waals surface area (Å²) in [5, 5.41) is 0.508. The van der Waals surface area contributed by atoms with Crippen LogP contribution < -0.4 is 4.90 Å². The number of ketones is 1. The number of nitrogens with zero attached hydrogens (tertiary/aromatic N) is 2. The van der Waals surface area contributed by atoms with Crippen LogP contribution in [0.1, 0.15) is 21.5 Å². The molecule has 0 aliphatic carbocycles.